The Morgan fingerprint density at radius 2 is 2.08 bits per heavy atom. The van der Waals surface area contributed by atoms with Crippen LogP contribution in [0.25, 0.3) is 0 Å². The number of morpholine rings is 1. The Balaban J connectivity index is 1.76. The number of aromatic amines is 1. The molecule has 1 aliphatic carbocycles. The lowest BCUT2D eigenvalue weighted by Crippen LogP contribution is -2.50. The van der Waals surface area contributed by atoms with Crippen molar-refractivity contribution >= 4 is 32.2 Å². The predicted octanol–water partition coefficient (Wildman–Crippen LogP) is 5.37. The first-order chi connectivity index (χ1) is 18.0. The van der Waals surface area contributed by atoms with Crippen LogP contribution in [0.2, 0.25) is 0 Å². The Morgan fingerprint density at radius 3 is 2.74 bits per heavy atom. The second-order valence-corrected chi connectivity index (χ2v) is 11.4. The first kappa shape index (κ1) is 28.8. The third-order valence-corrected chi connectivity index (χ3v) is 8.11. The van der Waals surface area contributed by atoms with E-state index in [0.29, 0.717) is 55.6 Å². The van der Waals surface area contributed by atoms with Gasteiger partial charge in [-0.15, -0.1) is 0 Å². The summed E-state index contributed by atoms with van der Waals surface area (Å²) in [6, 6.07) is 2.75. The molecule has 1 fully saturated rings. The van der Waals surface area contributed by atoms with Crippen LogP contribution in [0.4, 0.5) is 20.2 Å². The van der Waals surface area contributed by atoms with Gasteiger partial charge in [0.15, 0.2) is 0 Å². The van der Waals surface area contributed by atoms with Crippen molar-refractivity contribution in [1.82, 2.24) is 15.1 Å². The highest BCUT2D eigenvalue weighted by Crippen LogP contribution is 2.42. The Morgan fingerprint density at radius 1 is 1.37 bits per heavy atom. The minimum absolute atomic E-state index is 0.159. The number of amides is 1. The molecule has 1 aromatic carbocycles. The van der Waals surface area contributed by atoms with E-state index in [0.717, 1.165) is 42.8 Å². The maximum atomic E-state index is 14.8. The highest BCUT2D eigenvalue weighted by atomic mass is 31.0. The second-order valence-electron chi connectivity index (χ2n) is 10.7. The molecule has 0 radical (unpaired) electrons. The molecule has 3 atom stereocenters. The SMILES string of the molecule is CCC/C(=N\c1cc(N(C)C(=O)C(C)N2CCOCC2)cc(C(F)(F)P)c1C)c1n[nH]c2c1C[C@H](C)CC2. The van der Waals surface area contributed by atoms with Gasteiger partial charge in [-0.05, 0) is 63.1 Å². The summed E-state index contributed by atoms with van der Waals surface area (Å²) in [5, 5.41) is 7.81. The van der Waals surface area contributed by atoms with E-state index in [1.165, 1.54) is 16.5 Å². The zero-order chi connectivity index (χ0) is 27.6. The van der Waals surface area contributed by atoms with Gasteiger partial charge in [-0.2, -0.15) is 13.9 Å². The fraction of sp³-hybridized carbons (Fsp3) is 0.607. The minimum Gasteiger partial charge on any atom is -0.379 e. The number of likely N-dealkylation sites (N-methyl/N-ethyl adjacent to an activating group) is 1. The molecule has 208 valence electrons. The second kappa shape index (κ2) is 11.9. The van der Waals surface area contributed by atoms with Crippen molar-refractivity contribution < 1.29 is 18.3 Å². The molecule has 7 nitrogen and oxygen atoms in total. The number of alkyl halides is 2. The van der Waals surface area contributed by atoms with Crippen LogP contribution in [0, 0.1) is 12.8 Å². The van der Waals surface area contributed by atoms with E-state index in [4.69, 9.17) is 9.73 Å². The lowest BCUT2D eigenvalue weighted by molar-refractivity contribution is -0.124. The van der Waals surface area contributed by atoms with E-state index in [-0.39, 0.29) is 11.5 Å². The number of hydrogen-bond donors (Lipinski definition) is 1. The molecule has 1 aliphatic heterocycles. The van der Waals surface area contributed by atoms with Crippen molar-refractivity contribution in [2.45, 2.75) is 71.5 Å². The first-order valence-electron chi connectivity index (χ1n) is 13.6. The smallest absolute Gasteiger partial charge is 0.284 e. The van der Waals surface area contributed by atoms with Gasteiger partial charge >= 0.3 is 0 Å². The standard InChI is InChI=1S/C28H40F2N5O2P/c1-6-7-24(26-21-14-17(2)8-9-23(21)32-33-26)31-25-16-20(15-22(18(25)3)28(29,30)38)34(5)27(36)19(4)35-10-12-37-13-11-35/h15-17,19H,6-14,38H2,1-5H3,(H,32,33)/b31-24+/t17-,19?/m1/s1. The summed E-state index contributed by atoms with van der Waals surface area (Å²) in [7, 11) is 3.27. The lowest BCUT2D eigenvalue weighted by atomic mass is 9.86. The maximum absolute atomic E-state index is 14.8. The van der Waals surface area contributed by atoms with Crippen LogP contribution in [0.15, 0.2) is 17.1 Å². The van der Waals surface area contributed by atoms with E-state index in [1.807, 2.05) is 6.92 Å². The highest BCUT2D eigenvalue weighted by molar-refractivity contribution is 7.17. The average Bonchev–Trinajstić information content (AvgIpc) is 3.31. The van der Waals surface area contributed by atoms with Crippen molar-refractivity contribution in [3.05, 3.63) is 40.2 Å². The van der Waals surface area contributed by atoms with E-state index in [9.17, 15) is 13.6 Å². The first-order valence-corrected chi connectivity index (χ1v) is 14.1. The Kier molecular flexibility index (Phi) is 9.00. The fourth-order valence-electron chi connectivity index (χ4n) is 5.39. The van der Waals surface area contributed by atoms with Crippen LogP contribution in [0.1, 0.15) is 68.1 Å². The van der Waals surface area contributed by atoms with Crippen LogP contribution in [-0.4, -0.2) is 66.1 Å². The number of benzene rings is 1. The van der Waals surface area contributed by atoms with Gasteiger partial charge in [0.25, 0.3) is 5.66 Å². The van der Waals surface area contributed by atoms with Crippen LogP contribution in [-0.2, 0) is 28.0 Å². The number of nitrogens with zero attached hydrogens (tertiary/aromatic N) is 4. The van der Waals surface area contributed by atoms with E-state index < -0.39 is 11.7 Å². The molecule has 1 N–H and O–H groups in total. The molecule has 2 aromatic rings. The summed E-state index contributed by atoms with van der Waals surface area (Å²) >= 11 is 0. The maximum Gasteiger partial charge on any atom is 0.284 e. The van der Waals surface area contributed by atoms with Gasteiger partial charge in [0.05, 0.1) is 30.7 Å². The number of carbonyl (C=O) groups is 1. The molecular weight excluding hydrogens is 507 g/mol. The summed E-state index contributed by atoms with van der Waals surface area (Å²) in [5.74, 6) is 0.398. The number of carbonyl (C=O) groups excluding carboxylic acids is 1. The van der Waals surface area contributed by atoms with Gasteiger partial charge in [-0.25, -0.2) is 0 Å². The van der Waals surface area contributed by atoms with Gasteiger partial charge in [0.1, 0.15) is 5.69 Å². The lowest BCUT2D eigenvalue weighted by Gasteiger charge is -2.34. The third kappa shape index (κ3) is 6.16. The van der Waals surface area contributed by atoms with Crippen LogP contribution >= 0.6 is 9.24 Å². The number of aliphatic imine (C=N–C) groups is 1. The number of aromatic nitrogens is 2. The van der Waals surface area contributed by atoms with Crippen LogP contribution in [0.5, 0.6) is 0 Å². The van der Waals surface area contributed by atoms with Crippen molar-refractivity contribution in [1.29, 1.82) is 0 Å². The topological polar surface area (TPSA) is 73.8 Å². The quantitative estimate of drug-likeness (QED) is 0.356. The molecule has 10 heteroatoms. The number of halogens is 2. The number of H-pyrrole nitrogens is 1. The Hall–Kier alpha value is -2.22. The summed E-state index contributed by atoms with van der Waals surface area (Å²) in [4.78, 5) is 21.9. The molecule has 2 heterocycles. The van der Waals surface area contributed by atoms with Gasteiger partial charge in [0.2, 0.25) is 5.91 Å². The molecule has 1 amide bonds. The van der Waals surface area contributed by atoms with E-state index in [1.54, 1.807) is 29.3 Å². The van der Waals surface area contributed by atoms with Crippen molar-refractivity contribution in [2.75, 3.05) is 38.3 Å². The van der Waals surface area contributed by atoms with Crippen LogP contribution < -0.4 is 4.90 Å². The number of anilines is 1. The minimum atomic E-state index is -3.17. The molecule has 2 unspecified atom stereocenters. The number of hydrogen-bond acceptors (Lipinski definition) is 5. The number of aryl methyl sites for hydroxylation is 1. The van der Waals surface area contributed by atoms with Gasteiger partial charge < -0.3 is 9.64 Å². The number of fused-ring (bicyclic) bond motifs is 1. The summed E-state index contributed by atoms with van der Waals surface area (Å²) < 4.78 is 35.0. The van der Waals surface area contributed by atoms with Crippen molar-refractivity contribution in [2.24, 2.45) is 10.9 Å². The van der Waals surface area contributed by atoms with Crippen molar-refractivity contribution in [3.8, 4) is 0 Å². The zero-order valence-corrected chi connectivity index (χ0v) is 24.3. The Bertz CT molecular complexity index is 1190. The molecule has 0 saturated carbocycles. The summed E-state index contributed by atoms with van der Waals surface area (Å²) in [6.07, 6.45) is 4.51. The fourth-order valence-corrected chi connectivity index (χ4v) is 5.69. The predicted molar refractivity (Wildman–Crippen MR) is 151 cm³/mol. The van der Waals surface area contributed by atoms with Gasteiger partial charge in [-0.3, -0.25) is 19.8 Å². The zero-order valence-electron chi connectivity index (χ0n) is 23.1. The molecule has 2 aliphatic rings. The molecule has 0 bridgehead atoms. The number of rotatable bonds is 8. The Labute approximate surface area is 226 Å². The molecule has 1 saturated heterocycles. The monoisotopic (exact) mass is 547 g/mol. The molecule has 0 spiro atoms. The van der Waals surface area contributed by atoms with Gasteiger partial charge in [-0.1, -0.05) is 29.5 Å². The molecular formula is C28H40F2N5O2P. The summed E-state index contributed by atoms with van der Waals surface area (Å²) in [5.41, 5.74) is 1.84. The van der Waals surface area contributed by atoms with Gasteiger partial charge in [0, 0.05) is 42.6 Å². The third-order valence-electron chi connectivity index (χ3n) is 7.80. The largest absolute Gasteiger partial charge is 0.379 e. The molecule has 1 aromatic heterocycles. The number of nitrogens with one attached hydrogen (secondary N) is 1. The van der Waals surface area contributed by atoms with E-state index >= 15 is 0 Å². The highest BCUT2D eigenvalue weighted by Gasteiger charge is 2.32. The van der Waals surface area contributed by atoms with E-state index in [2.05, 4.69) is 28.9 Å². The van der Waals surface area contributed by atoms with Crippen LogP contribution in [0.3, 0.4) is 0 Å². The molecule has 38 heavy (non-hydrogen) atoms. The number of ether oxygens (including phenoxy) is 1. The summed E-state index contributed by atoms with van der Waals surface area (Å²) in [6.45, 7) is 10.3. The average molecular weight is 548 g/mol. The van der Waals surface area contributed by atoms with Crippen molar-refractivity contribution in [3.63, 3.8) is 0 Å². The molecule has 4 rings (SSSR count). The normalized spacial score (nSPS) is 19.8.